The normalized spacial score (nSPS) is 15.0. The Hall–Kier alpha value is -1.83. The number of anilines is 1. The van der Waals surface area contributed by atoms with Crippen molar-refractivity contribution in [1.29, 1.82) is 0 Å². The van der Waals surface area contributed by atoms with Crippen LogP contribution in [0.4, 0.5) is 5.82 Å². The Bertz CT molecular complexity index is 647. The molecule has 1 saturated carbocycles. The average molecular weight is 307 g/mol. The Morgan fingerprint density at radius 1 is 1.52 bits per heavy atom. The maximum absolute atomic E-state index is 11.8. The number of nitrogens with zero attached hydrogens (tertiary/aromatic N) is 4. The monoisotopic (exact) mass is 307 g/mol. The number of nitrogens with one attached hydrogen (secondary N) is 1. The predicted molar refractivity (Wildman–Crippen MR) is 78.2 cm³/mol. The molecule has 0 aromatic carbocycles. The van der Waals surface area contributed by atoms with Crippen LogP contribution in [-0.2, 0) is 11.8 Å². The van der Waals surface area contributed by atoms with Gasteiger partial charge in [0.25, 0.3) is 0 Å². The molecule has 1 amide bonds. The molecule has 1 fully saturated rings. The lowest BCUT2D eigenvalue weighted by atomic mass is 9.85. The minimum absolute atomic E-state index is 0.138. The number of hydrogen-bond acceptors (Lipinski definition) is 6. The molecule has 1 aliphatic rings. The number of carbonyl (C=O) groups is 1. The van der Waals surface area contributed by atoms with Gasteiger partial charge in [-0.3, -0.25) is 4.79 Å². The summed E-state index contributed by atoms with van der Waals surface area (Å²) in [6, 6.07) is 1.68. The summed E-state index contributed by atoms with van der Waals surface area (Å²) in [5.41, 5.74) is 0. The van der Waals surface area contributed by atoms with Crippen molar-refractivity contribution >= 4 is 23.5 Å². The molecule has 7 nitrogen and oxygen atoms in total. The molecular weight excluding hydrogens is 290 g/mol. The molecule has 3 rings (SSSR count). The fraction of sp³-hybridized carbons (Fsp3) is 0.538. The lowest BCUT2D eigenvalue weighted by Gasteiger charge is -2.23. The van der Waals surface area contributed by atoms with Crippen molar-refractivity contribution in [3.63, 3.8) is 0 Å². The van der Waals surface area contributed by atoms with E-state index in [0.717, 1.165) is 11.0 Å². The van der Waals surface area contributed by atoms with E-state index in [2.05, 4.69) is 20.7 Å². The van der Waals surface area contributed by atoms with E-state index in [4.69, 9.17) is 4.52 Å². The Morgan fingerprint density at radius 3 is 2.95 bits per heavy atom. The number of aryl methyl sites for hydroxylation is 1. The molecular formula is C13H17N5O2S. The second kappa shape index (κ2) is 5.88. The SMILES string of the molecule is Cc1cc(NC(=O)CSc2nnc(C3CCC3)n2C)no1. The molecule has 0 bridgehead atoms. The van der Waals surface area contributed by atoms with Gasteiger partial charge in [0, 0.05) is 19.0 Å². The molecule has 2 heterocycles. The van der Waals surface area contributed by atoms with Crippen molar-refractivity contribution in [3.8, 4) is 0 Å². The number of aromatic nitrogens is 4. The molecule has 0 saturated heterocycles. The molecule has 21 heavy (non-hydrogen) atoms. The van der Waals surface area contributed by atoms with Crippen LogP contribution >= 0.6 is 11.8 Å². The molecule has 0 unspecified atom stereocenters. The van der Waals surface area contributed by atoms with Gasteiger partial charge in [-0.05, 0) is 19.8 Å². The summed E-state index contributed by atoms with van der Waals surface area (Å²) < 4.78 is 6.89. The first-order valence-corrected chi connectivity index (χ1v) is 7.87. The summed E-state index contributed by atoms with van der Waals surface area (Å²) in [5.74, 6) is 2.78. The molecule has 0 spiro atoms. The molecule has 8 heteroatoms. The highest BCUT2D eigenvalue weighted by atomic mass is 32.2. The van der Waals surface area contributed by atoms with Crippen LogP contribution in [-0.4, -0.2) is 31.6 Å². The van der Waals surface area contributed by atoms with Crippen LogP contribution in [0.3, 0.4) is 0 Å². The van der Waals surface area contributed by atoms with E-state index in [9.17, 15) is 4.79 Å². The summed E-state index contributed by atoms with van der Waals surface area (Å²) in [6.07, 6.45) is 3.63. The van der Waals surface area contributed by atoms with Gasteiger partial charge in [0.2, 0.25) is 5.91 Å². The topological polar surface area (TPSA) is 85.8 Å². The molecule has 0 radical (unpaired) electrons. The highest BCUT2D eigenvalue weighted by molar-refractivity contribution is 7.99. The van der Waals surface area contributed by atoms with Gasteiger partial charge in [-0.1, -0.05) is 23.3 Å². The van der Waals surface area contributed by atoms with Crippen molar-refractivity contribution in [2.75, 3.05) is 11.1 Å². The second-order valence-corrected chi connectivity index (χ2v) is 6.13. The fourth-order valence-corrected chi connectivity index (χ4v) is 2.93. The van der Waals surface area contributed by atoms with Crippen molar-refractivity contribution in [2.45, 2.75) is 37.3 Å². The smallest absolute Gasteiger partial charge is 0.236 e. The number of thioether (sulfide) groups is 1. The highest BCUT2D eigenvalue weighted by Gasteiger charge is 2.25. The van der Waals surface area contributed by atoms with Crippen LogP contribution in [0.2, 0.25) is 0 Å². The Balaban J connectivity index is 1.55. The summed E-state index contributed by atoms with van der Waals surface area (Å²) in [7, 11) is 1.95. The number of hydrogen-bond donors (Lipinski definition) is 1. The zero-order valence-electron chi connectivity index (χ0n) is 12.0. The van der Waals surface area contributed by atoms with Gasteiger partial charge in [0.1, 0.15) is 11.6 Å². The van der Waals surface area contributed by atoms with E-state index in [1.807, 2.05) is 11.6 Å². The van der Waals surface area contributed by atoms with Crippen molar-refractivity contribution in [3.05, 3.63) is 17.7 Å². The molecule has 1 aliphatic carbocycles. The minimum Gasteiger partial charge on any atom is -0.360 e. The molecule has 1 N–H and O–H groups in total. The minimum atomic E-state index is -0.138. The van der Waals surface area contributed by atoms with Crippen molar-refractivity contribution < 1.29 is 9.32 Å². The fourth-order valence-electron chi connectivity index (χ4n) is 2.21. The lowest BCUT2D eigenvalue weighted by molar-refractivity contribution is -0.113. The van der Waals surface area contributed by atoms with Gasteiger partial charge in [-0.15, -0.1) is 10.2 Å². The molecule has 0 aliphatic heterocycles. The van der Waals surface area contributed by atoms with Crippen LogP contribution in [0.25, 0.3) is 0 Å². The Kier molecular flexibility index (Phi) is 3.96. The maximum Gasteiger partial charge on any atom is 0.236 e. The third-order valence-corrected chi connectivity index (χ3v) is 4.59. The predicted octanol–water partition coefficient (Wildman–Crippen LogP) is 2.11. The zero-order valence-corrected chi connectivity index (χ0v) is 12.8. The van der Waals surface area contributed by atoms with E-state index in [1.165, 1.54) is 31.0 Å². The summed E-state index contributed by atoms with van der Waals surface area (Å²) in [4.78, 5) is 11.8. The second-order valence-electron chi connectivity index (χ2n) is 5.19. The maximum atomic E-state index is 11.8. The highest BCUT2D eigenvalue weighted by Crippen LogP contribution is 2.35. The van der Waals surface area contributed by atoms with E-state index in [1.54, 1.807) is 13.0 Å². The van der Waals surface area contributed by atoms with Gasteiger partial charge in [-0.2, -0.15) is 0 Å². The van der Waals surface area contributed by atoms with Gasteiger partial charge in [0.05, 0.1) is 5.75 Å². The third kappa shape index (κ3) is 3.10. The van der Waals surface area contributed by atoms with Gasteiger partial charge < -0.3 is 14.4 Å². The van der Waals surface area contributed by atoms with Crippen LogP contribution in [0, 0.1) is 6.92 Å². The van der Waals surface area contributed by atoms with Crippen LogP contribution in [0.15, 0.2) is 15.7 Å². The summed E-state index contributed by atoms with van der Waals surface area (Å²) in [5, 5.41) is 15.6. The summed E-state index contributed by atoms with van der Waals surface area (Å²) >= 11 is 1.37. The van der Waals surface area contributed by atoms with Gasteiger partial charge >= 0.3 is 0 Å². The average Bonchev–Trinajstić information content (AvgIpc) is 2.94. The standard InChI is InChI=1S/C13H17N5O2S/c1-8-6-10(17-20-8)14-11(19)7-21-13-16-15-12(18(13)2)9-4-3-5-9/h6,9H,3-5,7H2,1-2H3,(H,14,17,19). The van der Waals surface area contributed by atoms with E-state index in [0.29, 0.717) is 17.5 Å². The van der Waals surface area contributed by atoms with Crippen LogP contribution in [0.5, 0.6) is 0 Å². The summed E-state index contributed by atoms with van der Waals surface area (Å²) in [6.45, 7) is 1.78. The first-order chi connectivity index (χ1) is 10.1. The first-order valence-electron chi connectivity index (χ1n) is 6.88. The largest absolute Gasteiger partial charge is 0.360 e. The zero-order chi connectivity index (χ0) is 14.8. The number of carbonyl (C=O) groups excluding carboxylic acids is 1. The Labute approximate surface area is 126 Å². The van der Waals surface area contributed by atoms with Gasteiger partial charge in [-0.25, -0.2) is 0 Å². The molecule has 2 aromatic heterocycles. The number of amides is 1. The van der Waals surface area contributed by atoms with Crippen molar-refractivity contribution in [2.24, 2.45) is 7.05 Å². The van der Waals surface area contributed by atoms with Crippen LogP contribution < -0.4 is 5.32 Å². The third-order valence-electron chi connectivity index (χ3n) is 3.57. The molecule has 0 atom stereocenters. The molecule has 112 valence electrons. The van der Waals surface area contributed by atoms with Crippen molar-refractivity contribution in [1.82, 2.24) is 19.9 Å². The Morgan fingerprint density at radius 2 is 2.33 bits per heavy atom. The van der Waals surface area contributed by atoms with E-state index in [-0.39, 0.29) is 11.7 Å². The first kappa shape index (κ1) is 14.1. The van der Waals surface area contributed by atoms with E-state index < -0.39 is 0 Å². The van der Waals surface area contributed by atoms with E-state index >= 15 is 0 Å². The van der Waals surface area contributed by atoms with Gasteiger partial charge in [0.15, 0.2) is 11.0 Å². The van der Waals surface area contributed by atoms with Crippen LogP contribution in [0.1, 0.15) is 36.8 Å². The quantitative estimate of drug-likeness (QED) is 0.851. The lowest BCUT2D eigenvalue weighted by Crippen LogP contribution is -2.15. The number of rotatable bonds is 5. The molecule has 2 aromatic rings.